The molecule has 0 heterocycles. The normalized spacial score (nSPS) is 11.6. The molecule has 0 aliphatic carbocycles. The van der Waals surface area contributed by atoms with E-state index in [0.29, 0.717) is 13.0 Å². The van der Waals surface area contributed by atoms with Crippen molar-refractivity contribution in [3.63, 3.8) is 0 Å². The number of nitrogens with one attached hydrogen (secondary N) is 1. The van der Waals surface area contributed by atoms with Gasteiger partial charge in [0.25, 0.3) is 0 Å². The van der Waals surface area contributed by atoms with Crippen molar-refractivity contribution in [2.45, 2.75) is 17.9 Å². The maximum atomic E-state index is 12.2. The average molecular weight is 361 g/mol. The Morgan fingerprint density at radius 1 is 1.08 bits per heavy atom. The minimum absolute atomic E-state index is 0.121. The number of nitrogens with two attached hydrogens (primary N) is 1. The van der Waals surface area contributed by atoms with Gasteiger partial charge in [-0.1, -0.05) is 30.3 Å². The Bertz CT molecular complexity index is 790. The maximum absolute atomic E-state index is 12.2. The van der Waals surface area contributed by atoms with E-state index in [1.807, 2.05) is 25.2 Å². The molecule has 0 fully saturated rings. The van der Waals surface area contributed by atoms with Crippen LogP contribution in [-0.4, -0.2) is 39.4 Å². The third kappa shape index (κ3) is 5.97. The summed E-state index contributed by atoms with van der Waals surface area (Å²) in [5.74, 6) is -0.585. The van der Waals surface area contributed by atoms with Gasteiger partial charge in [-0.05, 0) is 49.8 Å². The van der Waals surface area contributed by atoms with Gasteiger partial charge >= 0.3 is 0 Å². The van der Waals surface area contributed by atoms with Crippen LogP contribution >= 0.6 is 0 Å². The zero-order valence-corrected chi connectivity index (χ0v) is 15.0. The summed E-state index contributed by atoms with van der Waals surface area (Å²) in [6.45, 7) is 1.94. The molecule has 25 heavy (non-hydrogen) atoms. The number of primary amides is 1. The van der Waals surface area contributed by atoms with Crippen molar-refractivity contribution in [1.82, 2.24) is 9.62 Å². The van der Waals surface area contributed by atoms with Crippen molar-refractivity contribution in [1.29, 1.82) is 0 Å². The van der Waals surface area contributed by atoms with Crippen LogP contribution in [-0.2, 0) is 16.6 Å². The summed E-state index contributed by atoms with van der Waals surface area (Å²) in [6.07, 6.45) is 0.696. The molecule has 0 aliphatic rings. The van der Waals surface area contributed by atoms with E-state index in [2.05, 4.69) is 21.8 Å². The molecule has 0 unspecified atom stereocenters. The standard InChI is InChI=1S/C18H23N3O3S/c1-21(14-15-6-3-2-4-7-15)13-5-12-20-25(23,24)17-10-8-16(9-11-17)18(19)22/h2-4,6-11,20H,5,12-14H2,1H3,(H2,19,22). The molecule has 2 aromatic rings. The number of carbonyl (C=O) groups excluding carboxylic acids is 1. The fourth-order valence-electron chi connectivity index (χ4n) is 2.41. The van der Waals surface area contributed by atoms with Crippen molar-refractivity contribution < 1.29 is 13.2 Å². The first-order valence-corrected chi connectivity index (χ1v) is 9.49. The Morgan fingerprint density at radius 3 is 2.32 bits per heavy atom. The van der Waals surface area contributed by atoms with E-state index in [1.54, 1.807) is 0 Å². The van der Waals surface area contributed by atoms with Gasteiger partial charge in [-0.15, -0.1) is 0 Å². The minimum Gasteiger partial charge on any atom is -0.366 e. The second-order valence-corrected chi connectivity index (χ2v) is 7.63. The van der Waals surface area contributed by atoms with Gasteiger partial charge in [0.05, 0.1) is 4.90 Å². The van der Waals surface area contributed by atoms with Crippen molar-refractivity contribution in [2.75, 3.05) is 20.1 Å². The fraction of sp³-hybridized carbons (Fsp3) is 0.278. The SMILES string of the molecule is CN(CCCNS(=O)(=O)c1ccc(C(N)=O)cc1)Cc1ccccc1. The second kappa shape index (κ2) is 8.75. The lowest BCUT2D eigenvalue weighted by Crippen LogP contribution is -2.28. The zero-order chi connectivity index (χ0) is 18.3. The third-order valence-corrected chi connectivity index (χ3v) is 5.23. The molecule has 0 saturated carbocycles. The highest BCUT2D eigenvalue weighted by atomic mass is 32.2. The highest BCUT2D eigenvalue weighted by Gasteiger charge is 2.13. The van der Waals surface area contributed by atoms with Crippen LogP contribution in [0.5, 0.6) is 0 Å². The van der Waals surface area contributed by atoms with Crippen LogP contribution in [0, 0.1) is 0 Å². The van der Waals surface area contributed by atoms with Gasteiger partial charge < -0.3 is 10.6 Å². The van der Waals surface area contributed by atoms with Gasteiger partial charge in [-0.2, -0.15) is 0 Å². The topological polar surface area (TPSA) is 92.5 Å². The molecular formula is C18H23N3O3S. The molecule has 0 bridgehead atoms. The van der Waals surface area contributed by atoms with Crippen LogP contribution in [0.1, 0.15) is 22.3 Å². The molecule has 6 nitrogen and oxygen atoms in total. The van der Waals surface area contributed by atoms with E-state index in [0.717, 1.165) is 13.1 Å². The zero-order valence-electron chi connectivity index (χ0n) is 14.2. The number of benzene rings is 2. The summed E-state index contributed by atoms with van der Waals surface area (Å²) < 4.78 is 27.0. The third-order valence-electron chi connectivity index (χ3n) is 3.75. The predicted octanol–water partition coefficient (Wildman–Crippen LogP) is 1.59. The molecule has 0 spiro atoms. The molecular weight excluding hydrogens is 338 g/mol. The second-order valence-electron chi connectivity index (χ2n) is 5.86. The van der Waals surface area contributed by atoms with Crippen LogP contribution in [0.4, 0.5) is 0 Å². The van der Waals surface area contributed by atoms with Crippen LogP contribution in [0.3, 0.4) is 0 Å². The number of sulfonamides is 1. The van der Waals surface area contributed by atoms with E-state index in [4.69, 9.17) is 5.73 Å². The lowest BCUT2D eigenvalue weighted by Gasteiger charge is -2.16. The number of hydrogen-bond acceptors (Lipinski definition) is 4. The quantitative estimate of drug-likeness (QED) is 0.663. The number of hydrogen-bond donors (Lipinski definition) is 2. The molecule has 2 rings (SSSR count). The Kier molecular flexibility index (Phi) is 6.69. The first kappa shape index (κ1) is 19.1. The number of amides is 1. The molecule has 2 aromatic carbocycles. The van der Waals surface area contributed by atoms with Crippen molar-refractivity contribution >= 4 is 15.9 Å². The summed E-state index contributed by atoms with van der Waals surface area (Å²) >= 11 is 0. The number of rotatable bonds is 9. The summed E-state index contributed by atoms with van der Waals surface area (Å²) in [5.41, 5.74) is 6.65. The van der Waals surface area contributed by atoms with Crippen LogP contribution in [0.25, 0.3) is 0 Å². The van der Waals surface area contributed by atoms with Gasteiger partial charge in [-0.3, -0.25) is 4.79 Å². The lowest BCUT2D eigenvalue weighted by atomic mass is 10.2. The monoisotopic (exact) mass is 361 g/mol. The summed E-state index contributed by atoms with van der Waals surface area (Å²) in [5, 5.41) is 0. The Balaban J connectivity index is 1.79. The maximum Gasteiger partial charge on any atom is 0.248 e. The molecule has 7 heteroatoms. The predicted molar refractivity (Wildman–Crippen MR) is 97.5 cm³/mol. The van der Waals surface area contributed by atoms with Gasteiger partial charge in [0.2, 0.25) is 15.9 Å². The molecule has 3 N–H and O–H groups in total. The molecule has 0 aromatic heterocycles. The molecule has 0 aliphatic heterocycles. The van der Waals surface area contributed by atoms with Gasteiger partial charge in [0.1, 0.15) is 0 Å². The van der Waals surface area contributed by atoms with Crippen molar-refractivity contribution in [3.8, 4) is 0 Å². The Morgan fingerprint density at radius 2 is 1.72 bits per heavy atom. The number of carbonyl (C=O) groups is 1. The smallest absolute Gasteiger partial charge is 0.248 e. The molecule has 134 valence electrons. The largest absolute Gasteiger partial charge is 0.366 e. The summed E-state index contributed by atoms with van der Waals surface area (Å²) in [7, 11) is -1.58. The summed E-state index contributed by atoms with van der Waals surface area (Å²) in [4.78, 5) is 13.3. The van der Waals surface area contributed by atoms with E-state index < -0.39 is 15.9 Å². The van der Waals surface area contributed by atoms with E-state index in [-0.39, 0.29) is 10.5 Å². The first-order valence-electron chi connectivity index (χ1n) is 8.00. The van der Waals surface area contributed by atoms with Gasteiger partial charge in [-0.25, -0.2) is 13.1 Å². The molecule has 0 atom stereocenters. The number of nitrogens with zero attached hydrogens (tertiary/aromatic N) is 1. The van der Waals surface area contributed by atoms with Crippen molar-refractivity contribution in [2.24, 2.45) is 5.73 Å². The van der Waals surface area contributed by atoms with Crippen LogP contribution < -0.4 is 10.5 Å². The van der Waals surface area contributed by atoms with Crippen LogP contribution in [0.2, 0.25) is 0 Å². The van der Waals surface area contributed by atoms with E-state index in [1.165, 1.54) is 29.8 Å². The molecule has 0 saturated heterocycles. The highest BCUT2D eigenvalue weighted by Crippen LogP contribution is 2.10. The first-order chi connectivity index (χ1) is 11.9. The fourth-order valence-corrected chi connectivity index (χ4v) is 3.49. The summed E-state index contributed by atoms with van der Waals surface area (Å²) in [6, 6.07) is 15.7. The average Bonchev–Trinajstić information content (AvgIpc) is 2.60. The van der Waals surface area contributed by atoms with Gasteiger partial charge in [0.15, 0.2) is 0 Å². The Labute approximate surface area is 148 Å². The van der Waals surface area contributed by atoms with Gasteiger partial charge in [0, 0.05) is 18.7 Å². The lowest BCUT2D eigenvalue weighted by molar-refractivity contribution is 0.1000. The molecule has 1 amide bonds. The van der Waals surface area contributed by atoms with Crippen LogP contribution in [0.15, 0.2) is 59.5 Å². The van der Waals surface area contributed by atoms with E-state index in [9.17, 15) is 13.2 Å². The van der Waals surface area contributed by atoms with Crippen molar-refractivity contribution in [3.05, 3.63) is 65.7 Å². The molecule has 0 radical (unpaired) electrons. The minimum atomic E-state index is -3.58. The van der Waals surface area contributed by atoms with E-state index >= 15 is 0 Å². The Hall–Kier alpha value is -2.22. The highest BCUT2D eigenvalue weighted by molar-refractivity contribution is 7.89.